The number of aromatic nitrogens is 4. The zero-order valence-electron chi connectivity index (χ0n) is 11.1. The van der Waals surface area contributed by atoms with Gasteiger partial charge in [0.2, 0.25) is 11.1 Å². The van der Waals surface area contributed by atoms with Crippen LogP contribution >= 0.6 is 11.3 Å². The van der Waals surface area contributed by atoms with Crippen molar-refractivity contribution in [2.24, 2.45) is 0 Å². The molecule has 10 heteroatoms. The van der Waals surface area contributed by atoms with Crippen molar-refractivity contribution in [1.29, 1.82) is 0 Å². The van der Waals surface area contributed by atoms with Crippen molar-refractivity contribution in [1.82, 2.24) is 20.2 Å². The smallest absolute Gasteiger partial charge is 0.374 e. The predicted octanol–water partition coefficient (Wildman–Crippen LogP) is 2.58. The minimum absolute atomic E-state index is 0.180. The molecule has 0 aliphatic heterocycles. The Kier molecular flexibility index (Phi) is 4.56. The van der Waals surface area contributed by atoms with Crippen LogP contribution in [0.4, 0.5) is 24.3 Å². The first-order valence-electron chi connectivity index (χ1n) is 6.07. The number of nitrogens with two attached hydrogens (primary N) is 1. The largest absolute Gasteiger partial charge is 0.389 e. The summed E-state index contributed by atoms with van der Waals surface area (Å²) in [6.07, 6.45) is -3.87. The second-order valence-electron chi connectivity index (χ2n) is 4.33. The molecule has 0 saturated carbocycles. The summed E-state index contributed by atoms with van der Waals surface area (Å²) in [5, 5.41) is 11.5. The molecule has 0 amide bonds. The first-order valence-corrected chi connectivity index (χ1v) is 6.89. The van der Waals surface area contributed by atoms with E-state index in [9.17, 15) is 13.2 Å². The quantitative estimate of drug-likeness (QED) is 0.880. The minimum Gasteiger partial charge on any atom is -0.374 e. The molecule has 2 aromatic heterocycles. The summed E-state index contributed by atoms with van der Waals surface area (Å²) < 4.78 is 36.6. The predicted molar refractivity (Wildman–Crippen MR) is 72.8 cm³/mol. The van der Waals surface area contributed by atoms with Gasteiger partial charge < -0.3 is 11.1 Å². The Morgan fingerprint density at radius 2 is 2.14 bits per heavy atom. The maximum atomic E-state index is 12.2. The number of hydrogen-bond donors (Lipinski definition) is 2. The van der Waals surface area contributed by atoms with E-state index in [2.05, 4.69) is 25.5 Å². The number of halogens is 3. The van der Waals surface area contributed by atoms with Crippen molar-refractivity contribution in [2.75, 3.05) is 11.1 Å². The van der Waals surface area contributed by atoms with Gasteiger partial charge in [-0.3, -0.25) is 0 Å². The van der Waals surface area contributed by atoms with Crippen LogP contribution in [-0.2, 0) is 6.42 Å². The number of hydrogen-bond acceptors (Lipinski definition) is 7. The Bertz CT molecular complexity index is 600. The van der Waals surface area contributed by atoms with Crippen LogP contribution in [0.15, 0.2) is 12.3 Å². The molecule has 0 radical (unpaired) electrons. The molecule has 0 aromatic carbocycles. The molecule has 3 N–H and O–H groups in total. The molecule has 2 aromatic rings. The van der Waals surface area contributed by atoms with Gasteiger partial charge >= 0.3 is 6.18 Å². The lowest BCUT2D eigenvalue weighted by atomic mass is 10.2. The minimum atomic E-state index is -4.20. The highest BCUT2D eigenvalue weighted by atomic mass is 32.1. The fourth-order valence-corrected chi connectivity index (χ4v) is 2.16. The molecule has 2 heterocycles. The SMILES string of the molecule is C[C@@H](Nc1nccc(CCC(F)(F)F)n1)c1nnc(N)s1. The van der Waals surface area contributed by atoms with Crippen LogP contribution in [0.25, 0.3) is 0 Å². The van der Waals surface area contributed by atoms with Crippen LogP contribution in [0.1, 0.15) is 30.1 Å². The van der Waals surface area contributed by atoms with Crippen molar-refractivity contribution < 1.29 is 13.2 Å². The first kappa shape index (κ1) is 15.4. The van der Waals surface area contributed by atoms with E-state index in [4.69, 9.17) is 5.73 Å². The molecule has 0 fully saturated rings. The van der Waals surface area contributed by atoms with Gasteiger partial charge in [0.1, 0.15) is 5.01 Å². The second-order valence-corrected chi connectivity index (χ2v) is 5.37. The lowest BCUT2D eigenvalue weighted by molar-refractivity contribution is -0.134. The lowest BCUT2D eigenvalue weighted by Gasteiger charge is -2.11. The number of alkyl halides is 3. The van der Waals surface area contributed by atoms with Crippen LogP contribution in [-0.4, -0.2) is 26.3 Å². The molecule has 2 rings (SSSR count). The van der Waals surface area contributed by atoms with Crippen LogP contribution in [0.2, 0.25) is 0 Å². The molecule has 6 nitrogen and oxygen atoms in total. The summed E-state index contributed by atoms with van der Waals surface area (Å²) >= 11 is 1.22. The van der Waals surface area contributed by atoms with Gasteiger partial charge in [-0.2, -0.15) is 13.2 Å². The molecular formula is C11H13F3N6S. The highest BCUT2D eigenvalue weighted by molar-refractivity contribution is 7.15. The fraction of sp³-hybridized carbons (Fsp3) is 0.455. The average Bonchev–Trinajstić information content (AvgIpc) is 2.83. The zero-order chi connectivity index (χ0) is 15.5. The highest BCUT2D eigenvalue weighted by Gasteiger charge is 2.26. The van der Waals surface area contributed by atoms with Crippen molar-refractivity contribution in [3.8, 4) is 0 Å². The van der Waals surface area contributed by atoms with E-state index in [1.54, 1.807) is 0 Å². The van der Waals surface area contributed by atoms with E-state index in [0.29, 0.717) is 15.8 Å². The van der Waals surface area contributed by atoms with Crippen molar-refractivity contribution in [2.45, 2.75) is 32.0 Å². The summed E-state index contributed by atoms with van der Waals surface area (Å²) in [5.41, 5.74) is 5.82. The highest BCUT2D eigenvalue weighted by Crippen LogP contribution is 2.23. The van der Waals surface area contributed by atoms with Gasteiger partial charge in [0, 0.05) is 18.3 Å². The number of nitrogen functional groups attached to an aromatic ring is 1. The van der Waals surface area contributed by atoms with Crippen molar-refractivity contribution >= 4 is 22.4 Å². The van der Waals surface area contributed by atoms with Gasteiger partial charge in [-0.25, -0.2) is 9.97 Å². The van der Waals surface area contributed by atoms with Gasteiger partial charge in [0.05, 0.1) is 6.04 Å². The monoisotopic (exact) mass is 318 g/mol. The summed E-state index contributed by atoms with van der Waals surface area (Å²) in [7, 11) is 0. The first-order chi connectivity index (χ1) is 9.83. The van der Waals surface area contributed by atoms with Gasteiger partial charge in [-0.15, -0.1) is 10.2 Å². The Morgan fingerprint density at radius 1 is 1.38 bits per heavy atom. The average molecular weight is 318 g/mol. The third-order valence-corrected chi connectivity index (χ3v) is 3.49. The van der Waals surface area contributed by atoms with Crippen molar-refractivity contribution in [3.05, 3.63) is 23.0 Å². The van der Waals surface area contributed by atoms with Crippen LogP contribution in [0.3, 0.4) is 0 Å². The molecule has 0 saturated heterocycles. The van der Waals surface area contributed by atoms with E-state index in [1.807, 2.05) is 6.92 Å². The van der Waals surface area contributed by atoms with E-state index in [0.717, 1.165) is 0 Å². The zero-order valence-corrected chi connectivity index (χ0v) is 11.9. The third-order valence-electron chi connectivity index (χ3n) is 2.55. The molecule has 21 heavy (non-hydrogen) atoms. The van der Waals surface area contributed by atoms with Gasteiger partial charge in [0.25, 0.3) is 0 Å². The molecule has 0 bridgehead atoms. The molecule has 0 aliphatic carbocycles. The normalized spacial score (nSPS) is 13.1. The number of nitrogens with one attached hydrogen (secondary N) is 1. The third kappa shape index (κ3) is 4.81. The van der Waals surface area contributed by atoms with Gasteiger partial charge in [-0.05, 0) is 19.4 Å². The number of aryl methyl sites for hydroxylation is 1. The Morgan fingerprint density at radius 3 is 2.76 bits per heavy atom. The van der Waals surface area contributed by atoms with Crippen LogP contribution < -0.4 is 11.1 Å². The summed E-state index contributed by atoms with van der Waals surface area (Å²) in [6.45, 7) is 1.81. The maximum absolute atomic E-state index is 12.2. The Balaban J connectivity index is 2.00. The van der Waals surface area contributed by atoms with Crippen LogP contribution in [0.5, 0.6) is 0 Å². The van der Waals surface area contributed by atoms with Gasteiger partial charge in [-0.1, -0.05) is 11.3 Å². The van der Waals surface area contributed by atoms with E-state index in [1.165, 1.54) is 23.6 Å². The van der Waals surface area contributed by atoms with E-state index >= 15 is 0 Å². The number of nitrogens with zero attached hydrogens (tertiary/aromatic N) is 4. The van der Waals surface area contributed by atoms with Gasteiger partial charge in [0.15, 0.2) is 0 Å². The molecule has 1 atom stereocenters. The second kappa shape index (κ2) is 6.20. The standard InChI is InChI=1S/C11H13F3N6S/c1-6(8-19-20-9(15)21-8)17-10-16-5-3-7(18-10)2-4-11(12,13)14/h3,5-6H,2,4H2,1H3,(H2,15,20)(H,16,17,18)/t6-/m1/s1. The summed E-state index contributed by atoms with van der Waals surface area (Å²) in [6, 6.07) is 1.22. The molecule has 0 aliphatic rings. The Hall–Kier alpha value is -1.97. The van der Waals surface area contributed by atoms with E-state index < -0.39 is 12.6 Å². The van der Waals surface area contributed by atoms with E-state index in [-0.39, 0.29) is 18.4 Å². The topological polar surface area (TPSA) is 89.6 Å². The van der Waals surface area contributed by atoms with Crippen molar-refractivity contribution in [3.63, 3.8) is 0 Å². The molecule has 0 spiro atoms. The summed E-state index contributed by atoms with van der Waals surface area (Å²) in [5.74, 6) is 0.246. The summed E-state index contributed by atoms with van der Waals surface area (Å²) in [4.78, 5) is 8.03. The Labute approximate surface area is 122 Å². The number of rotatable bonds is 5. The fourth-order valence-electron chi connectivity index (χ4n) is 1.55. The lowest BCUT2D eigenvalue weighted by Crippen LogP contribution is -2.12. The number of anilines is 2. The molecular weight excluding hydrogens is 305 g/mol. The van der Waals surface area contributed by atoms with Crippen LogP contribution in [0, 0.1) is 0 Å². The maximum Gasteiger partial charge on any atom is 0.389 e. The molecule has 114 valence electrons. The molecule has 0 unspecified atom stereocenters.